The number of piperazine rings is 1. The number of hydrogen-bond acceptors (Lipinski definition) is 4. The lowest BCUT2D eigenvalue weighted by atomic mass is 10.1. The Bertz CT molecular complexity index is 579. The molecule has 2 aliphatic rings. The van der Waals surface area contributed by atoms with E-state index in [1.54, 1.807) is 19.2 Å². The number of amides is 1. The van der Waals surface area contributed by atoms with Gasteiger partial charge in [-0.05, 0) is 18.6 Å². The molecule has 104 valence electrons. The predicted molar refractivity (Wildman–Crippen MR) is 74.7 cm³/mol. The quantitative estimate of drug-likeness (QED) is 0.815. The summed E-state index contributed by atoms with van der Waals surface area (Å²) >= 11 is 0. The SMILES string of the molecule is COc1ccc(C#N)c(N2CCN3C(=O)CCC3C2)c1. The first-order chi connectivity index (χ1) is 9.72. The zero-order valence-electron chi connectivity index (χ0n) is 11.5. The fourth-order valence-corrected chi connectivity index (χ4v) is 3.08. The van der Waals surface area contributed by atoms with Crippen molar-refractivity contribution in [3.63, 3.8) is 0 Å². The van der Waals surface area contributed by atoms with Crippen LogP contribution in [0.1, 0.15) is 18.4 Å². The van der Waals surface area contributed by atoms with Gasteiger partial charge in [0, 0.05) is 38.2 Å². The van der Waals surface area contributed by atoms with Crippen LogP contribution in [0.2, 0.25) is 0 Å². The van der Waals surface area contributed by atoms with Crippen LogP contribution < -0.4 is 9.64 Å². The minimum absolute atomic E-state index is 0.265. The van der Waals surface area contributed by atoms with Crippen LogP contribution >= 0.6 is 0 Å². The Hall–Kier alpha value is -2.22. The minimum atomic E-state index is 0.265. The number of fused-ring (bicyclic) bond motifs is 1. The van der Waals surface area contributed by atoms with E-state index in [0.717, 1.165) is 37.5 Å². The number of nitriles is 1. The Kier molecular flexibility index (Phi) is 3.23. The Morgan fingerprint density at radius 3 is 3.00 bits per heavy atom. The molecule has 0 aliphatic carbocycles. The van der Waals surface area contributed by atoms with Crippen molar-refractivity contribution < 1.29 is 9.53 Å². The van der Waals surface area contributed by atoms with Gasteiger partial charge >= 0.3 is 0 Å². The van der Waals surface area contributed by atoms with E-state index in [0.29, 0.717) is 12.0 Å². The van der Waals surface area contributed by atoms with Gasteiger partial charge in [0.15, 0.2) is 0 Å². The molecule has 2 heterocycles. The number of methoxy groups -OCH3 is 1. The van der Waals surface area contributed by atoms with Gasteiger partial charge in [-0.2, -0.15) is 5.26 Å². The third-order valence-corrected chi connectivity index (χ3v) is 4.16. The van der Waals surface area contributed by atoms with Gasteiger partial charge in [-0.1, -0.05) is 0 Å². The molecule has 5 heteroatoms. The number of ether oxygens (including phenoxy) is 1. The second kappa shape index (κ2) is 5.04. The highest BCUT2D eigenvalue weighted by Crippen LogP contribution is 2.30. The van der Waals surface area contributed by atoms with Crippen LogP contribution in [0.5, 0.6) is 5.75 Å². The van der Waals surface area contributed by atoms with E-state index >= 15 is 0 Å². The molecule has 2 aliphatic heterocycles. The van der Waals surface area contributed by atoms with Crippen molar-refractivity contribution in [1.29, 1.82) is 5.26 Å². The first-order valence-corrected chi connectivity index (χ1v) is 6.85. The van der Waals surface area contributed by atoms with Gasteiger partial charge in [0.05, 0.1) is 18.4 Å². The molecule has 1 aromatic rings. The van der Waals surface area contributed by atoms with Crippen molar-refractivity contribution in [2.45, 2.75) is 18.9 Å². The van der Waals surface area contributed by atoms with E-state index < -0.39 is 0 Å². The van der Waals surface area contributed by atoms with Crippen LogP contribution in [0, 0.1) is 11.3 Å². The molecule has 2 fully saturated rings. The van der Waals surface area contributed by atoms with Crippen LogP contribution in [0.4, 0.5) is 5.69 Å². The van der Waals surface area contributed by atoms with Gasteiger partial charge in [0.1, 0.15) is 11.8 Å². The van der Waals surface area contributed by atoms with Crippen molar-refractivity contribution in [3.05, 3.63) is 23.8 Å². The number of rotatable bonds is 2. The Morgan fingerprint density at radius 2 is 2.25 bits per heavy atom. The van der Waals surface area contributed by atoms with Crippen molar-refractivity contribution >= 4 is 11.6 Å². The lowest BCUT2D eigenvalue weighted by Crippen LogP contribution is -2.51. The van der Waals surface area contributed by atoms with E-state index in [2.05, 4.69) is 11.0 Å². The molecule has 5 nitrogen and oxygen atoms in total. The molecule has 2 saturated heterocycles. The highest BCUT2D eigenvalue weighted by Gasteiger charge is 2.36. The van der Waals surface area contributed by atoms with Crippen LogP contribution in [0.15, 0.2) is 18.2 Å². The first kappa shape index (κ1) is 12.8. The summed E-state index contributed by atoms with van der Waals surface area (Å²) in [4.78, 5) is 15.9. The third kappa shape index (κ3) is 2.07. The van der Waals surface area contributed by atoms with Crippen molar-refractivity contribution in [3.8, 4) is 11.8 Å². The molecular formula is C15H17N3O2. The van der Waals surface area contributed by atoms with Crippen LogP contribution in [-0.2, 0) is 4.79 Å². The molecule has 0 bridgehead atoms. The average Bonchev–Trinajstić information content (AvgIpc) is 2.87. The zero-order chi connectivity index (χ0) is 14.1. The van der Waals surface area contributed by atoms with Gasteiger partial charge in [-0.3, -0.25) is 4.79 Å². The standard InChI is InChI=1S/C15H17N3O2/c1-20-13-4-2-11(9-16)14(8-13)17-6-7-18-12(10-17)3-5-15(18)19/h2,4,8,12H,3,5-7,10H2,1H3. The molecular weight excluding hydrogens is 254 g/mol. The number of carbonyl (C=O) groups excluding carboxylic acids is 1. The summed E-state index contributed by atoms with van der Waals surface area (Å²) in [5, 5.41) is 9.26. The maximum absolute atomic E-state index is 11.7. The maximum atomic E-state index is 11.7. The first-order valence-electron chi connectivity index (χ1n) is 6.85. The van der Waals surface area contributed by atoms with E-state index in [-0.39, 0.29) is 11.9 Å². The minimum Gasteiger partial charge on any atom is -0.497 e. The van der Waals surface area contributed by atoms with E-state index in [4.69, 9.17) is 4.74 Å². The fraction of sp³-hybridized carbons (Fsp3) is 0.467. The maximum Gasteiger partial charge on any atom is 0.223 e. The van der Waals surface area contributed by atoms with E-state index in [9.17, 15) is 10.1 Å². The summed E-state index contributed by atoms with van der Waals surface area (Å²) in [6.45, 7) is 2.31. The molecule has 0 N–H and O–H groups in total. The third-order valence-electron chi connectivity index (χ3n) is 4.16. The fourth-order valence-electron chi connectivity index (χ4n) is 3.08. The summed E-state index contributed by atoms with van der Waals surface area (Å²) < 4.78 is 5.25. The second-order valence-electron chi connectivity index (χ2n) is 5.22. The van der Waals surface area contributed by atoms with E-state index in [1.807, 2.05) is 11.0 Å². The molecule has 1 amide bonds. The molecule has 1 atom stereocenters. The Morgan fingerprint density at radius 1 is 1.40 bits per heavy atom. The highest BCUT2D eigenvalue weighted by atomic mass is 16.5. The van der Waals surface area contributed by atoms with Gasteiger partial charge in [0.25, 0.3) is 0 Å². The number of anilines is 1. The normalized spacial score (nSPS) is 21.6. The molecule has 0 spiro atoms. The molecule has 0 radical (unpaired) electrons. The number of hydrogen-bond donors (Lipinski definition) is 0. The van der Waals surface area contributed by atoms with Crippen LogP contribution in [0.25, 0.3) is 0 Å². The molecule has 0 aromatic heterocycles. The lowest BCUT2D eigenvalue weighted by molar-refractivity contribution is -0.129. The summed E-state index contributed by atoms with van der Waals surface area (Å²) in [6.07, 6.45) is 1.57. The molecule has 1 unspecified atom stereocenters. The van der Waals surface area contributed by atoms with Crippen molar-refractivity contribution in [2.24, 2.45) is 0 Å². The van der Waals surface area contributed by atoms with Gasteiger partial charge in [-0.15, -0.1) is 0 Å². The van der Waals surface area contributed by atoms with Crippen molar-refractivity contribution in [2.75, 3.05) is 31.6 Å². The van der Waals surface area contributed by atoms with Crippen LogP contribution in [0.3, 0.4) is 0 Å². The van der Waals surface area contributed by atoms with Crippen LogP contribution in [-0.4, -0.2) is 43.6 Å². The molecule has 1 aromatic carbocycles. The average molecular weight is 271 g/mol. The van der Waals surface area contributed by atoms with Gasteiger partial charge in [0.2, 0.25) is 5.91 Å². The summed E-state index contributed by atoms with van der Waals surface area (Å²) in [6, 6.07) is 8.02. The highest BCUT2D eigenvalue weighted by molar-refractivity contribution is 5.79. The molecule has 20 heavy (non-hydrogen) atoms. The smallest absolute Gasteiger partial charge is 0.223 e. The molecule has 0 saturated carbocycles. The monoisotopic (exact) mass is 271 g/mol. The number of carbonyl (C=O) groups is 1. The Labute approximate surface area is 118 Å². The summed E-state index contributed by atoms with van der Waals surface area (Å²) in [5.74, 6) is 1.02. The molecule has 3 rings (SSSR count). The van der Waals surface area contributed by atoms with Gasteiger partial charge in [-0.25, -0.2) is 0 Å². The van der Waals surface area contributed by atoms with E-state index in [1.165, 1.54) is 0 Å². The number of nitrogens with zero attached hydrogens (tertiary/aromatic N) is 3. The second-order valence-corrected chi connectivity index (χ2v) is 5.22. The summed E-state index contributed by atoms with van der Waals surface area (Å²) in [5.41, 5.74) is 1.56. The largest absolute Gasteiger partial charge is 0.497 e. The number of benzene rings is 1. The van der Waals surface area contributed by atoms with Crippen molar-refractivity contribution in [1.82, 2.24) is 4.90 Å². The predicted octanol–water partition coefficient (Wildman–Crippen LogP) is 1.38. The summed E-state index contributed by atoms with van der Waals surface area (Å²) in [7, 11) is 1.62. The van der Waals surface area contributed by atoms with Gasteiger partial charge < -0.3 is 14.5 Å². The topological polar surface area (TPSA) is 56.6 Å². The lowest BCUT2D eigenvalue weighted by Gasteiger charge is -2.39. The Balaban J connectivity index is 1.87. The zero-order valence-corrected chi connectivity index (χ0v) is 11.5.